The van der Waals surface area contributed by atoms with E-state index in [4.69, 9.17) is 11.6 Å². The van der Waals surface area contributed by atoms with Crippen LogP contribution in [0.4, 0.5) is 5.69 Å². The molecule has 5 heteroatoms. The Morgan fingerprint density at radius 1 is 1.04 bits per heavy atom. The zero-order valence-corrected chi connectivity index (χ0v) is 15.4. The number of fused-ring (bicyclic) bond motifs is 1. The molecule has 136 valence electrons. The van der Waals surface area contributed by atoms with Crippen molar-refractivity contribution in [2.45, 2.75) is 6.42 Å². The highest BCUT2D eigenvalue weighted by atomic mass is 35.5. The number of anilines is 1. The molecule has 4 rings (SSSR count). The van der Waals surface area contributed by atoms with Crippen molar-refractivity contribution < 1.29 is 9.59 Å². The second kappa shape index (κ2) is 7.41. The molecule has 1 heterocycles. The van der Waals surface area contributed by atoms with Crippen LogP contribution in [0.2, 0.25) is 5.02 Å². The van der Waals surface area contributed by atoms with E-state index < -0.39 is 0 Å². The highest BCUT2D eigenvalue weighted by molar-refractivity contribution is 6.30. The van der Waals surface area contributed by atoms with E-state index in [-0.39, 0.29) is 17.7 Å². The van der Waals surface area contributed by atoms with Crippen molar-refractivity contribution in [2.24, 2.45) is 5.92 Å². The lowest BCUT2D eigenvalue weighted by Crippen LogP contribution is -2.31. The molecular weight excluding hydrogens is 360 g/mol. The summed E-state index contributed by atoms with van der Waals surface area (Å²) in [7, 11) is 0. The van der Waals surface area contributed by atoms with Gasteiger partial charge < -0.3 is 10.2 Å². The van der Waals surface area contributed by atoms with Gasteiger partial charge in [-0.1, -0.05) is 48.0 Å². The molecule has 1 aliphatic rings. The van der Waals surface area contributed by atoms with E-state index in [2.05, 4.69) is 5.32 Å². The number of hydrogen-bond donors (Lipinski definition) is 1. The van der Waals surface area contributed by atoms with Gasteiger partial charge in [0.15, 0.2) is 0 Å². The number of carbonyl (C=O) groups excluding carboxylic acids is 2. The Kier molecular flexibility index (Phi) is 4.82. The predicted molar refractivity (Wildman–Crippen MR) is 108 cm³/mol. The van der Waals surface area contributed by atoms with Crippen molar-refractivity contribution in [3.05, 3.63) is 77.3 Å². The van der Waals surface area contributed by atoms with Gasteiger partial charge in [0.2, 0.25) is 5.91 Å². The molecule has 1 unspecified atom stereocenters. The van der Waals surface area contributed by atoms with E-state index in [9.17, 15) is 9.59 Å². The summed E-state index contributed by atoms with van der Waals surface area (Å²) in [5.41, 5.74) is 1.50. The van der Waals surface area contributed by atoms with Crippen LogP contribution in [0.1, 0.15) is 16.8 Å². The smallest absolute Gasteiger partial charge is 0.251 e. The number of rotatable bonds is 4. The number of carbonyl (C=O) groups is 2. The maximum absolute atomic E-state index is 12.7. The van der Waals surface area contributed by atoms with E-state index >= 15 is 0 Å². The number of nitrogens with one attached hydrogen (secondary N) is 1. The van der Waals surface area contributed by atoms with Crippen molar-refractivity contribution in [3.8, 4) is 0 Å². The van der Waals surface area contributed by atoms with Gasteiger partial charge >= 0.3 is 0 Å². The Morgan fingerprint density at radius 3 is 2.59 bits per heavy atom. The number of benzene rings is 3. The molecule has 0 radical (unpaired) electrons. The van der Waals surface area contributed by atoms with Gasteiger partial charge in [-0.15, -0.1) is 0 Å². The summed E-state index contributed by atoms with van der Waals surface area (Å²) in [5, 5.41) is 5.61. The van der Waals surface area contributed by atoms with Gasteiger partial charge in [-0.05, 0) is 41.1 Å². The molecule has 0 bridgehead atoms. The highest BCUT2D eigenvalue weighted by Gasteiger charge is 2.30. The van der Waals surface area contributed by atoms with Crippen LogP contribution >= 0.6 is 11.6 Å². The molecule has 2 amide bonds. The Labute approximate surface area is 162 Å². The minimum atomic E-state index is -0.107. The number of amides is 2. The Hall–Kier alpha value is -2.85. The lowest BCUT2D eigenvalue weighted by Gasteiger charge is -2.17. The second-order valence-electron chi connectivity index (χ2n) is 6.79. The van der Waals surface area contributed by atoms with Gasteiger partial charge in [0.05, 0.1) is 0 Å². The van der Waals surface area contributed by atoms with Gasteiger partial charge in [-0.25, -0.2) is 0 Å². The average Bonchev–Trinajstić information content (AvgIpc) is 3.07. The molecule has 1 N–H and O–H groups in total. The summed E-state index contributed by atoms with van der Waals surface area (Å²) in [6, 6.07) is 20.8. The lowest BCUT2D eigenvalue weighted by atomic mass is 10.0. The normalized spacial score (nSPS) is 16.7. The first-order valence-corrected chi connectivity index (χ1v) is 9.31. The number of halogens is 1. The molecule has 0 aliphatic carbocycles. The van der Waals surface area contributed by atoms with Crippen LogP contribution in [0.15, 0.2) is 66.7 Å². The maximum atomic E-state index is 12.7. The minimum absolute atomic E-state index is 0.0710. The molecule has 1 fully saturated rings. The molecule has 0 saturated carbocycles. The van der Waals surface area contributed by atoms with Gasteiger partial charge in [0.25, 0.3) is 5.91 Å². The first-order chi connectivity index (χ1) is 13.1. The number of nitrogens with zero attached hydrogens (tertiary/aromatic N) is 1. The summed E-state index contributed by atoms with van der Waals surface area (Å²) in [6.45, 7) is 1.06. The van der Waals surface area contributed by atoms with E-state index in [0.717, 1.165) is 16.5 Å². The molecule has 1 atom stereocenters. The molecule has 3 aromatic rings. The number of hydrogen-bond acceptors (Lipinski definition) is 2. The fourth-order valence-electron chi connectivity index (χ4n) is 3.54. The first-order valence-electron chi connectivity index (χ1n) is 8.94. The van der Waals surface area contributed by atoms with Crippen molar-refractivity contribution in [1.29, 1.82) is 0 Å². The largest absolute Gasteiger partial charge is 0.352 e. The third-order valence-corrected chi connectivity index (χ3v) is 5.18. The standard InChI is InChI=1S/C22H19ClN2O2/c23-17-8-10-18(11-9-17)25-14-15(12-21(25)26)13-24-22(27)20-7-3-5-16-4-1-2-6-19(16)20/h1-11,15H,12-14H2,(H,24,27). The molecule has 0 aromatic heterocycles. The van der Waals surface area contributed by atoms with Crippen molar-refractivity contribution in [2.75, 3.05) is 18.0 Å². The predicted octanol–water partition coefficient (Wildman–Crippen LogP) is 4.28. The zero-order chi connectivity index (χ0) is 18.8. The van der Waals surface area contributed by atoms with E-state index in [0.29, 0.717) is 30.1 Å². The zero-order valence-electron chi connectivity index (χ0n) is 14.7. The van der Waals surface area contributed by atoms with Crippen LogP contribution in [0.25, 0.3) is 10.8 Å². The quantitative estimate of drug-likeness (QED) is 0.736. The summed E-state index contributed by atoms with van der Waals surface area (Å²) in [6.07, 6.45) is 0.429. The third kappa shape index (κ3) is 3.67. The van der Waals surface area contributed by atoms with Crippen LogP contribution in [0.5, 0.6) is 0 Å². The summed E-state index contributed by atoms with van der Waals surface area (Å²) in [5.74, 6) is 0.0537. The molecule has 4 nitrogen and oxygen atoms in total. The summed E-state index contributed by atoms with van der Waals surface area (Å²) < 4.78 is 0. The highest BCUT2D eigenvalue weighted by Crippen LogP contribution is 2.26. The molecular formula is C22H19ClN2O2. The van der Waals surface area contributed by atoms with Crippen molar-refractivity contribution >= 4 is 39.9 Å². The van der Waals surface area contributed by atoms with Crippen LogP contribution in [-0.2, 0) is 4.79 Å². The van der Waals surface area contributed by atoms with E-state index in [1.807, 2.05) is 54.6 Å². The third-order valence-electron chi connectivity index (χ3n) is 4.93. The first kappa shape index (κ1) is 17.6. The topological polar surface area (TPSA) is 49.4 Å². The van der Waals surface area contributed by atoms with E-state index in [1.54, 1.807) is 17.0 Å². The van der Waals surface area contributed by atoms with Crippen LogP contribution in [0.3, 0.4) is 0 Å². The van der Waals surface area contributed by atoms with E-state index in [1.165, 1.54) is 0 Å². The van der Waals surface area contributed by atoms with Gasteiger partial charge in [0.1, 0.15) is 0 Å². The average molecular weight is 379 g/mol. The van der Waals surface area contributed by atoms with Crippen LogP contribution in [0, 0.1) is 5.92 Å². The Bertz CT molecular complexity index is 995. The maximum Gasteiger partial charge on any atom is 0.251 e. The molecule has 1 saturated heterocycles. The fraction of sp³-hybridized carbons (Fsp3) is 0.182. The molecule has 0 spiro atoms. The lowest BCUT2D eigenvalue weighted by molar-refractivity contribution is -0.117. The minimum Gasteiger partial charge on any atom is -0.352 e. The molecule has 1 aliphatic heterocycles. The van der Waals surface area contributed by atoms with Crippen molar-refractivity contribution in [1.82, 2.24) is 5.32 Å². The van der Waals surface area contributed by atoms with Crippen LogP contribution < -0.4 is 10.2 Å². The monoisotopic (exact) mass is 378 g/mol. The molecule has 27 heavy (non-hydrogen) atoms. The van der Waals surface area contributed by atoms with Crippen LogP contribution in [-0.4, -0.2) is 24.9 Å². The fourth-order valence-corrected chi connectivity index (χ4v) is 3.67. The van der Waals surface area contributed by atoms with Crippen molar-refractivity contribution in [3.63, 3.8) is 0 Å². The molecule has 3 aromatic carbocycles. The SMILES string of the molecule is O=C(NCC1CC(=O)N(c2ccc(Cl)cc2)C1)c1cccc2ccccc12. The Balaban J connectivity index is 1.42. The summed E-state index contributed by atoms with van der Waals surface area (Å²) >= 11 is 5.92. The Morgan fingerprint density at radius 2 is 1.78 bits per heavy atom. The van der Waals surface area contributed by atoms with Gasteiger partial charge in [-0.3, -0.25) is 9.59 Å². The van der Waals surface area contributed by atoms with Gasteiger partial charge in [0, 0.05) is 41.7 Å². The second-order valence-corrected chi connectivity index (χ2v) is 7.22. The summed E-state index contributed by atoms with van der Waals surface area (Å²) in [4.78, 5) is 26.8. The van der Waals surface area contributed by atoms with Gasteiger partial charge in [-0.2, -0.15) is 0 Å².